The molecule has 84 valence electrons. The second-order valence-electron chi connectivity index (χ2n) is 4.18. The van der Waals surface area contributed by atoms with Crippen molar-refractivity contribution in [2.45, 2.75) is 19.4 Å². The minimum absolute atomic E-state index is 0.0658. The molecule has 1 aliphatic rings. The van der Waals surface area contributed by atoms with Gasteiger partial charge in [0, 0.05) is 19.6 Å². The van der Waals surface area contributed by atoms with E-state index in [0.717, 1.165) is 13.1 Å². The summed E-state index contributed by atoms with van der Waals surface area (Å²) in [7, 11) is 0. The fourth-order valence-electron chi connectivity index (χ4n) is 1.18. The van der Waals surface area contributed by atoms with Gasteiger partial charge in [-0.15, -0.1) is 0 Å². The Hall–Kier alpha value is -1.12. The summed E-state index contributed by atoms with van der Waals surface area (Å²) in [6, 6.07) is 2.05. The zero-order chi connectivity index (χ0) is 11.3. The summed E-state index contributed by atoms with van der Waals surface area (Å²) in [5, 5.41) is 14.2. The average Bonchev–Trinajstić information content (AvgIpc) is 2.20. The molecule has 0 radical (unpaired) electrons. The van der Waals surface area contributed by atoms with Crippen LogP contribution in [0, 0.1) is 17.2 Å². The highest BCUT2D eigenvalue weighted by Gasteiger charge is 2.32. The second-order valence-corrected chi connectivity index (χ2v) is 4.18. The van der Waals surface area contributed by atoms with E-state index in [9.17, 15) is 4.79 Å². The number of amides is 1. The Kier molecular flexibility index (Phi) is 4.06. The number of nitrogens with one attached hydrogen (secondary N) is 2. The lowest BCUT2D eigenvalue weighted by Crippen LogP contribution is -2.59. The molecule has 2 N–H and O–H groups in total. The minimum atomic E-state index is -0.196. The zero-order valence-corrected chi connectivity index (χ0v) is 9.17. The van der Waals surface area contributed by atoms with Crippen LogP contribution in [-0.2, 0) is 9.53 Å². The number of carbonyl (C=O) groups excluding carboxylic acids is 1. The van der Waals surface area contributed by atoms with E-state index in [2.05, 4.69) is 10.6 Å². The third kappa shape index (κ3) is 3.86. The van der Waals surface area contributed by atoms with Gasteiger partial charge in [0.15, 0.2) is 0 Å². The van der Waals surface area contributed by atoms with Crippen molar-refractivity contribution in [2.75, 3.05) is 26.2 Å². The molecule has 1 fully saturated rings. The Morgan fingerprint density at radius 3 is 2.87 bits per heavy atom. The van der Waals surface area contributed by atoms with Gasteiger partial charge in [0.1, 0.15) is 6.61 Å². The molecular weight excluding hydrogens is 194 g/mol. The second kappa shape index (κ2) is 5.10. The molecule has 5 heteroatoms. The maximum absolute atomic E-state index is 11.3. The van der Waals surface area contributed by atoms with Gasteiger partial charge in [-0.3, -0.25) is 4.79 Å². The van der Waals surface area contributed by atoms with Gasteiger partial charge in [0.05, 0.1) is 17.6 Å². The summed E-state index contributed by atoms with van der Waals surface area (Å²) in [5.41, 5.74) is -0.196. The smallest absolute Gasteiger partial charge is 0.246 e. The maximum atomic E-state index is 11.3. The average molecular weight is 211 g/mol. The van der Waals surface area contributed by atoms with E-state index < -0.39 is 0 Å². The Labute approximate surface area is 89.8 Å². The first kappa shape index (κ1) is 12.0. The van der Waals surface area contributed by atoms with Crippen molar-refractivity contribution in [3.63, 3.8) is 0 Å². The monoisotopic (exact) mass is 211 g/mol. The van der Waals surface area contributed by atoms with Crippen molar-refractivity contribution >= 4 is 5.91 Å². The molecule has 15 heavy (non-hydrogen) atoms. The first-order chi connectivity index (χ1) is 7.06. The molecule has 1 amide bonds. The Morgan fingerprint density at radius 1 is 1.73 bits per heavy atom. The quantitative estimate of drug-likeness (QED) is 0.651. The van der Waals surface area contributed by atoms with Crippen molar-refractivity contribution < 1.29 is 9.53 Å². The summed E-state index contributed by atoms with van der Waals surface area (Å²) < 4.78 is 5.44. The van der Waals surface area contributed by atoms with E-state index in [4.69, 9.17) is 10.00 Å². The highest BCUT2D eigenvalue weighted by atomic mass is 16.5. The molecule has 0 bridgehead atoms. The van der Waals surface area contributed by atoms with Crippen LogP contribution in [0.25, 0.3) is 0 Å². The number of hydrogen-bond donors (Lipinski definition) is 2. The Morgan fingerprint density at radius 2 is 2.40 bits per heavy atom. The lowest BCUT2D eigenvalue weighted by molar-refractivity contribution is -0.135. The standard InChI is InChI=1S/C10H17N3O2/c1-8(3-11)4-13-9(14)5-15-10(2)6-12-7-10/h8,12H,4-7H2,1-2H3,(H,13,14). The third-order valence-corrected chi connectivity index (χ3v) is 2.38. The topological polar surface area (TPSA) is 74.2 Å². The fourth-order valence-corrected chi connectivity index (χ4v) is 1.18. The number of hydrogen-bond acceptors (Lipinski definition) is 4. The molecule has 1 aliphatic heterocycles. The van der Waals surface area contributed by atoms with Gasteiger partial charge in [-0.2, -0.15) is 5.26 Å². The molecule has 1 unspecified atom stereocenters. The predicted molar refractivity (Wildman–Crippen MR) is 55.0 cm³/mol. The van der Waals surface area contributed by atoms with E-state index in [-0.39, 0.29) is 24.0 Å². The number of nitrogens with zero attached hydrogens (tertiary/aromatic N) is 1. The summed E-state index contributed by atoms with van der Waals surface area (Å²) in [6.07, 6.45) is 0. The highest BCUT2D eigenvalue weighted by Crippen LogP contribution is 2.14. The van der Waals surface area contributed by atoms with Gasteiger partial charge >= 0.3 is 0 Å². The van der Waals surface area contributed by atoms with E-state index in [1.165, 1.54) is 0 Å². The Bertz CT molecular complexity index is 268. The van der Waals surface area contributed by atoms with Crippen molar-refractivity contribution in [3.05, 3.63) is 0 Å². The first-order valence-electron chi connectivity index (χ1n) is 5.07. The van der Waals surface area contributed by atoms with Gasteiger partial charge in [-0.05, 0) is 13.8 Å². The normalized spacial score (nSPS) is 19.8. The number of rotatable bonds is 5. The molecule has 0 saturated carbocycles. The lowest BCUT2D eigenvalue weighted by Gasteiger charge is -2.38. The highest BCUT2D eigenvalue weighted by molar-refractivity contribution is 5.77. The number of carbonyl (C=O) groups is 1. The summed E-state index contributed by atoms with van der Waals surface area (Å²) in [5.74, 6) is -0.319. The third-order valence-electron chi connectivity index (χ3n) is 2.38. The molecule has 5 nitrogen and oxygen atoms in total. The van der Waals surface area contributed by atoms with Gasteiger partial charge in [-0.1, -0.05) is 0 Å². The zero-order valence-electron chi connectivity index (χ0n) is 9.17. The first-order valence-corrected chi connectivity index (χ1v) is 5.07. The predicted octanol–water partition coefficient (Wildman–Crippen LogP) is -0.359. The molecule has 0 aromatic carbocycles. The molecule has 0 spiro atoms. The largest absolute Gasteiger partial charge is 0.363 e. The van der Waals surface area contributed by atoms with Gasteiger partial charge in [0.2, 0.25) is 5.91 Å². The van der Waals surface area contributed by atoms with E-state index in [1.807, 2.05) is 13.0 Å². The van der Waals surface area contributed by atoms with Crippen molar-refractivity contribution in [3.8, 4) is 6.07 Å². The van der Waals surface area contributed by atoms with E-state index in [0.29, 0.717) is 6.54 Å². The summed E-state index contributed by atoms with van der Waals surface area (Å²) in [6.45, 7) is 5.75. The molecule has 0 aromatic heterocycles. The van der Waals surface area contributed by atoms with Crippen LogP contribution in [0.2, 0.25) is 0 Å². The van der Waals surface area contributed by atoms with Crippen LogP contribution in [0.15, 0.2) is 0 Å². The van der Waals surface area contributed by atoms with Crippen LogP contribution in [-0.4, -0.2) is 37.7 Å². The molecule has 0 aliphatic carbocycles. The summed E-state index contributed by atoms with van der Waals surface area (Å²) in [4.78, 5) is 11.3. The Balaban J connectivity index is 2.11. The SMILES string of the molecule is CC(C#N)CNC(=O)COC1(C)CNC1. The lowest BCUT2D eigenvalue weighted by atomic mass is 10.0. The minimum Gasteiger partial charge on any atom is -0.363 e. The van der Waals surface area contributed by atoms with Crippen molar-refractivity contribution in [1.29, 1.82) is 5.26 Å². The molecule has 1 heterocycles. The van der Waals surface area contributed by atoms with E-state index in [1.54, 1.807) is 6.92 Å². The molecule has 0 aromatic rings. The van der Waals surface area contributed by atoms with Crippen molar-refractivity contribution in [2.24, 2.45) is 5.92 Å². The van der Waals surface area contributed by atoms with E-state index >= 15 is 0 Å². The number of ether oxygens (including phenoxy) is 1. The fraction of sp³-hybridized carbons (Fsp3) is 0.800. The van der Waals surface area contributed by atoms with Crippen LogP contribution in [0.4, 0.5) is 0 Å². The van der Waals surface area contributed by atoms with Crippen LogP contribution in [0.1, 0.15) is 13.8 Å². The molecule has 1 atom stereocenters. The molecule has 1 saturated heterocycles. The summed E-state index contributed by atoms with van der Waals surface area (Å²) >= 11 is 0. The molecule has 1 rings (SSSR count). The van der Waals surface area contributed by atoms with Crippen LogP contribution in [0.5, 0.6) is 0 Å². The maximum Gasteiger partial charge on any atom is 0.246 e. The van der Waals surface area contributed by atoms with Gasteiger partial charge < -0.3 is 15.4 Å². The van der Waals surface area contributed by atoms with Crippen LogP contribution in [0.3, 0.4) is 0 Å². The van der Waals surface area contributed by atoms with Crippen LogP contribution >= 0.6 is 0 Å². The van der Waals surface area contributed by atoms with Gasteiger partial charge in [-0.25, -0.2) is 0 Å². The van der Waals surface area contributed by atoms with Gasteiger partial charge in [0.25, 0.3) is 0 Å². The number of nitriles is 1. The molecular formula is C10H17N3O2. The van der Waals surface area contributed by atoms with Crippen LogP contribution < -0.4 is 10.6 Å². The van der Waals surface area contributed by atoms with Crippen molar-refractivity contribution in [1.82, 2.24) is 10.6 Å².